The van der Waals surface area contributed by atoms with Crippen LogP contribution in [0.25, 0.3) is 0 Å². The smallest absolute Gasteiger partial charge is 0.191 e. The van der Waals surface area contributed by atoms with Crippen LogP contribution >= 0.6 is 0 Å². The second-order valence-electron chi connectivity index (χ2n) is 7.48. The lowest BCUT2D eigenvalue weighted by molar-refractivity contribution is 0.142. The summed E-state index contributed by atoms with van der Waals surface area (Å²) < 4.78 is 16.7. The summed E-state index contributed by atoms with van der Waals surface area (Å²) in [6.45, 7) is 13.9. The lowest BCUT2D eigenvalue weighted by Gasteiger charge is -2.24. The van der Waals surface area contributed by atoms with Gasteiger partial charge in [-0.3, -0.25) is 9.89 Å². The van der Waals surface area contributed by atoms with Crippen LogP contribution in [-0.4, -0.2) is 70.0 Å². The van der Waals surface area contributed by atoms with E-state index < -0.39 is 0 Å². The van der Waals surface area contributed by atoms with Gasteiger partial charge >= 0.3 is 0 Å². The Balaban J connectivity index is 2.04. The second kappa shape index (κ2) is 13.3. The quantitative estimate of drug-likeness (QED) is 0.400. The molecule has 0 aliphatic carbocycles. The number of benzene rings is 1. The molecule has 2 atom stereocenters. The van der Waals surface area contributed by atoms with Crippen LogP contribution in [0.3, 0.4) is 0 Å². The molecule has 0 spiro atoms. The minimum absolute atomic E-state index is 0.0888. The van der Waals surface area contributed by atoms with Crippen molar-refractivity contribution in [2.75, 3.05) is 53.1 Å². The monoisotopic (exact) mass is 420 g/mol. The number of aliphatic imine (C=N–C) groups is 1. The number of hydrogen-bond donors (Lipinski definition) is 2. The molecule has 1 aromatic carbocycles. The summed E-state index contributed by atoms with van der Waals surface area (Å²) in [5.74, 6) is 2.41. The number of likely N-dealkylation sites (tertiary alicyclic amines) is 1. The van der Waals surface area contributed by atoms with Crippen molar-refractivity contribution >= 4 is 5.96 Å². The van der Waals surface area contributed by atoms with Crippen molar-refractivity contribution in [2.24, 2.45) is 4.99 Å². The maximum absolute atomic E-state index is 5.78. The van der Waals surface area contributed by atoms with Crippen molar-refractivity contribution in [3.05, 3.63) is 23.8 Å². The van der Waals surface area contributed by atoms with E-state index in [1.54, 1.807) is 7.11 Å². The van der Waals surface area contributed by atoms with E-state index in [0.29, 0.717) is 19.3 Å². The van der Waals surface area contributed by atoms with Crippen LogP contribution in [0.1, 0.15) is 52.1 Å². The van der Waals surface area contributed by atoms with Crippen LogP contribution in [-0.2, 0) is 4.74 Å². The lowest BCUT2D eigenvalue weighted by Crippen LogP contribution is -2.40. The molecule has 1 heterocycles. The lowest BCUT2D eigenvalue weighted by atomic mass is 10.1. The third-order valence-electron chi connectivity index (χ3n) is 5.31. The molecule has 2 unspecified atom stereocenters. The van der Waals surface area contributed by atoms with Crippen molar-refractivity contribution in [1.29, 1.82) is 0 Å². The van der Waals surface area contributed by atoms with Gasteiger partial charge in [-0.25, -0.2) is 0 Å². The van der Waals surface area contributed by atoms with Gasteiger partial charge in [0.05, 0.1) is 32.4 Å². The molecule has 2 rings (SSSR count). The molecule has 0 amide bonds. The zero-order valence-corrected chi connectivity index (χ0v) is 19.4. The van der Waals surface area contributed by atoms with Crippen molar-refractivity contribution < 1.29 is 14.2 Å². The maximum Gasteiger partial charge on any atom is 0.191 e. The zero-order valence-electron chi connectivity index (χ0n) is 19.4. The van der Waals surface area contributed by atoms with Crippen molar-refractivity contribution in [3.63, 3.8) is 0 Å². The van der Waals surface area contributed by atoms with Crippen LogP contribution in [0, 0.1) is 0 Å². The maximum atomic E-state index is 5.78. The Morgan fingerprint density at radius 2 is 1.97 bits per heavy atom. The Morgan fingerprint density at radius 1 is 1.20 bits per heavy atom. The first-order valence-electron chi connectivity index (χ1n) is 11.3. The number of nitrogens with zero attached hydrogens (tertiary/aromatic N) is 2. The summed E-state index contributed by atoms with van der Waals surface area (Å²) >= 11 is 0. The van der Waals surface area contributed by atoms with Gasteiger partial charge in [0, 0.05) is 26.2 Å². The fourth-order valence-electron chi connectivity index (χ4n) is 3.75. The first kappa shape index (κ1) is 24.3. The molecule has 1 saturated heterocycles. The molecule has 0 saturated carbocycles. The van der Waals surface area contributed by atoms with Crippen molar-refractivity contribution in [2.45, 2.75) is 52.6 Å². The fraction of sp³-hybridized carbons (Fsp3) is 0.696. The number of nitrogens with one attached hydrogen (secondary N) is 2. The van der Waals surface area contributed by atoms with Crippen LogP contribution in [0.4, 0.5) is 0 Å². The molecular formula is C23H40N4O3. The summed E-state index contributed by atoms with van der Waals surface area (Å²) in [4.78, 5) is 7.37. The highest BCUT2D eigenvalue weighted by atomic mass is 16.5. The van der Waals surface area contributed by atoms with Crippen LogP contribution in [0.5, 0.6) is 11.5 Å². The van der Waals surface area contributed by atoms with Gasteiger partial charge in [-0.2, -0.15) is 0 Å². The topological polar surface area (TPSA) is 67.4 Å². The SMILES string of the molecule is CCNC(=NCC1CCCN1CCOC)NC(C)c1ccc(OCC)c(OCC)c1. The van der Waals surface area contributed by atoms with Crippen molar-refractivity contribution in [1.82, 2.24) is 15.5 Å². The predicted octanol–water partition coefficient (Wildman–Crippen LogP) is 3.21. The van der Waals surface area contributed by atoms with Gasteiger partial charge in [-0.05, 0) is 64.8 Å². The van der Waals surface area contributed by atoms with Crippen LogP contribution < -0.4 is 20.1 Å². The summed E-state index contributed by atoms with van der Waals surface area (Å²) in [5, 5.41) is 6.91. The fourth-order valence-corrected chi connectivity index (χ4v) is 3.75. The standard InChI is InChI=1S/C23H40N4O3/c1-6-24-23(25-17-20-10-9-13-27(20)14-15-28-5)26-18(4)19-11-12-21(29-7-2)22(16-19)30-8-3/h11-12,16,18,20H,6-10,13-15,17H2,1-5H3,(H2,24,25,26). The van der Waals surface area contributed by atoms with Crippen LogP contribution in [0.2, 0.25) is 0 Å². The van der Waals surface area contributed by atoms with Gasteiger partial charge in [0.15, 0.2) is 17.5 Å². The number of hydrogen-bond acceptors (Lipinski definition) is 5. The molecule has 1 fully saturated rings. The molecule has 30 heavy (non-hydrogen) atoms. The van der Waals surface area contributed by atoms with E-state index in [0.717, 1.165) is 55.8 Å². The molecule has 1 aliphatic heterocycles. The Hall–Kier alpha value is -1.99. The first-order valence-corrected chi connectivity index (χ1v) is 11.3. The highest BCUT2D eigenvalue weighted by Crippen LogP contribution is 2.30. The number of ether oxygens (including phenoxy) is 3. The second-order valence-corrected chi connectivity index (χ2v) is 7.48. The van der Waals surface area contributed by atoms with E-state index in [-0.39, 0.29) is 6.04 Å². The molecule has 7 heteroatoms. The number of methoxy groups -OCH3 is 1. The molecule has 0 bridgehead atoms. The Bertz CT molecular complexity index is 653. The van der Waals surface area contributed by atoms with Gasteiger partial charge in [-0.1, -0.05) is 6.07 Å². The van der Waals surface area contributed by atoms with E-state index in [4.69, 9.17) is 19.2 Å². The zero-order chi connectivity index (χ0) is 21.8. The highest BCUT2D eigenvalue weighted by molar-refractivity contribution is 5.80. The summed E-state index contributed by atoms with van der Waals surface area (Å²) in [7, 11) is 1.76. The first-order chi connectivity index (χ1) is 14.6. The van der Waals surface area contributed by atoms with E-state index >= 15 is 0 Å². The number of guanidine groups is 1. The molecule has 2 N–H and O–H groups in total. The molecule has 1 aromatic rings. The van der Waals surface area contributed by atoms with Gasteiger partial charge in [0.1, 0.15) is 0 Å². The average Bonchev–Trinajstić information content (AvgIpc) is 3.19. The molecule has 1 aliphatic rings. The van der Waals surface area contributed by atoms with Gasteiger partial charge in [-0.15, -0.1) is 0 Å². The average molecular weight is 421 g/mol. The molecular weight excluding hydrogens is 380 g/mol. The molecule has 0 radical (unpaired) electrons. The van der Waals surface area contributed by atoms with E-state index in [1.807, 2.05) is 19.9 Å². The van der Waals surface area contributed by atoms with Crippen LogP contribution in [0.15, 0.2) is 23.2 Å². The third-order valence-corrected chi connectivity index (χ3v) is 5.31. The normalized spacial score (nSPS) is 18.3. The predicted molar refractivity (Wildman–Crippen MR) is 123 cm³/mol. The largest absolute Gasteiger partial charge is 0.490 e. The molecule has 170 valence electrons. The van der Waals surface area contributed by atoms with E-state index in [9.17, 15) is 0 Å². The van der Waals surface area contributed by atoms with Gasteiger partial charge in [0.25, 0.3) is 0 Å². The summed E-state index contributed by atoms with van der Waals surface area (Å²) in [5.41, 5.74) is 1.13. The minimum atomic E-state index is 0.0888. The minimum Gasteiger partial charge on any atom is -0.490 e. The number of rotatable bonds is 12. The highest BCUT2D eigenvalue weighted by Gasteiger charge is 2.24. The summed E-state index contributed by atoms with van der Waals surface area (Å²) in [6, 6.07) is 6.70. The Kier molecular flexibility index (Phi) is 10.8. The third kappa shape index (κ3) is 7.36. The molecule has 0 aromatic heterocycles. The van der Waals surface area contributed by atoms with Gasteiger partial charge < -0.3 is 24.8 Å². The Labute approximate surface area is 182 Å². The summed E-state index contributed by atoms with van der Waals surface area (Å²) in [6.07, 6.45) is 2.43. The van der Waals surface area contributed by atoms with E-state index in [1.165, 1.54) is 12.8 Å². The molecule has 7 nitrogen and oxygen atoms in total. The van der Waals surface area contributed by atoms with Gasteiger partial charge in [0.2, 0.25) is 0 Å². The van der Waals surface area contributed by atoms with Crippen molar-refractivity contribution in [3.8, 4) is 11.5 Å². The van der Waals surface area contributed by atoms with E-state index in [2.05, 4.69) is 41.5 Å². The Morgan fingerprint density at radius 3 is 2.67 bits per heavy atom.